The molecular weight excluding hydrogens is 278 g/mol. The Bertz CT molecular complexity index is 456. The molecule has 1 aliphatic carbocycles. The number of sulfonamides is 2. The quantitative estimate of drug-likeness (QED) is 0.483. The van der Waals surface area contributed by atoms with E-state index in [1.807, 2.05) is 0 Å². The molecule has 18 heavy (non-hydrogen) atoms. The third-order valence-corrected chi connectivity index (χ3v) is 5.59. The zero-order valence-electron chi connectivity index (χ0n) is 10.4. The maximum atomic E-state index is 11.6. The molecular formula is C9H21N3O4S2. The van der Waals surface area contributed by atoms with Crippen LogP contribution in [0.25, 0.3) is 0 Å². The lowest BCUT2D eigenvalue weighted by atomic mass is 10.2. The predicted molar refractivity (Wildman–Crippen MR) is 70.0 cm³/mol. The Labute approximate surface area is 109 Å². The Balaban J connectivity index is 2.26. The fraction of sp³-hybridized carbons (Fsp3) is 1.00. The molecule has 0 saturated heterocycles. The van der Waals surface area contributed by atoms with Crippen LogP contribution >= 0.6 is 0 Å². The first-order valence-electron chi connectivity index (χ1n) is 5.96. The Morgan fingerprint density at radius 2 is 1.78 bits per heavy atom. The lowest BCUT2D eigenvalue weighted by Crippen LogP contribution is -2.41. The third kappa shape index (κ3) is 6.10. The van der Waals surface area contributed by atoms with Gasteiger partial charge in [0.2, 0.25) is 20.0 Å². The predicted octanol–water partition coefficient (Wildman–Crippen LogP) is -1.42. The summed E-state index contributed by atoms with van der Waals surface area (Å²) >= 11 is 0. The minimum absolute atomic E-state index is 0.0625. The molecule has 0 aromatic rings. The zero-order chi connectivity index (χ0) is 13.8. The number of nitrogens with one attached hydrogen (secondary N) is 2. The molecule has 1 unspecified atom stereocenters. The van der Waals surface area contributed by atoms with Crippen LogP contribution in [0, 0.1) is 5.92 Å². The minimum atomic E-state index is -3.47. The number of rotatable bonds is 9. The molecule has 4 N–H and O–H groups in total. The highest BCUT2D eigenvalue weighted by Gasteiger charge is 2.29. The summed E-state index contributed by atoms with van der Waals surface area (Å²) < 4.78 is 49.9. The smallest absolute Gasteiger partial charge is 0.212 e. The monoisotopic (exact) mass is 299 g/mol. The zero-order valence-corrected chi connectivity index (χ0v) is 12.1. The summed E-state index contributed by atoms with van der Waals surface area (Å²) in [6.45, 7) is 1.58. The van der Waals surface area contributed by atoms with Crippen molar-refractivity contribution >= 4 is 20.0 Å². The molecule has 0 bridgehead atoms. The van der Waals surface area contributed by atoms with Crippen molar-refractivity contribution in [2.75, 3.05) is 24.6 Å². The van der Waals surface area contributed by atoms with Crippen LogP contribution in [0.15, 0.2) is 0 Å². The highest BCUT2D eigenvalue weighted by Crippen LogP contribution is 2.31. The second-order valence-corrected chi connectivity index (χ2v) is 8.49. The van der Waals surface area contributed by atoms with Gasteiger partial charge in [-0.3, -0.25) is 0 Å². The van der Waals surface area contributed by atoms with E-state index in [1.54, 1.807) is 0 Å². The van der Waals surface area contributed by atoms with Crippen LogP contribution in [0.1, 0.15) is 19.8 Å². The van der Waals surface area contributed by atoms with E-state index in [1.165, 1.54) is 6.92 Å². The highest BCUT2D eigenvalue weighted by atomic mass is 32.2. The average molecular weight is 299 g/mol. The summed E-state index contributed by atoms with van der Waals surface area (Å²) in [5.41, 5.74) is 5.77. The van der Waals surface area contributed by atoms with Gasteiger partial charge in [0.1, 0.15) is 0 Å². The third-order valence-electron chi connectivity index (χ3n) is 2.84. The molecule has 0 aromatic carbocycles. The van der Waals surface area contributed by atoms with Gasteiger partial charge in [0, 0.05) is 19.1 Å². The van der Waals surface area contributed by atoms with Crippen LogP contribution in [-0.2, 0) is 20.0 Å². The second kappa shape index (κ2) is 6.29. The summed E-state index contributed by atoms with van der Waals surface area (Å²) in [6, 6.07) is -0.146. The maximum absolute atomic E-state index is 11.6. The summed E-state index contributed by atoms with van der Waals surface area (Å²) in [7, 11) is -6.81. The van der Waals surface area contributed by atoms with E-state index in [0.29, 0.717) is 5.92 Å². The summed E-state index contributed by atoms with van der Waals surface area (Å²) in [5, 5.41) is 0. The second-order valence-electron chi connectivity index (χ2n) is 4.47. The van der Waals surface area contributed by atoms with E-state index in [4.69, 9.17) is 5.73 Å². The molecule has 0 spiro atoms. The largest absolute Gasteiger partial charge is 0.326 e. The fourth-order valence-corrected chi connectivity index (χ4v) is 3.13. The van der Waals surface area contributed by atoms with Gasteiger partial charge >= 0.3 is 0 Å². The Morgan fingerprint density at radius 3 is 2.28 bits per heavy atom. The molecule has 0 heterocycles. The molecule has 1 fully saturated rings. The molecule has 0 radical (unpaired) electrons. The van der Waals surface area contributed by atoms with Crippen LogP contribution in [0.3, 0.4) is 0 Å². The summed E-state index contributed by atoms with van der Waals surface area (Å²) in [5.74, 6) is 0.0858. The van der Waals surface area contributed by atoms with Gasteiger partial charge in [-0.15, -0.1) is 0 Å². The van der Waals surface area contributed by atoms with Gasteiger partial charge < -0.3 is 5.73 Å². The maximum Gasteiger partial charge on any atom is 0.212 e. The average Bonchev–Trinajstić information content (AvgIpc) is 3.09. The van der Waals surface area contributed by atoms with Crippen molar-refractivity contribution in [1.29, 1.82) is 0 Å². The van der Waals surface area contributed by atoms with E-state index >= 15 is 0 Å². The van der Waals surface area contributed by atoms with Gasteiger partial charge in [-0.1, -0.05) is 0 Å². The molecule has 7 nitrogen and oxygen atoms in total. The van der Waals surface area contributed by atoms with Gasteiger partial charge in [-0.05, 0) is 25.7 Å². The Morgan fingerprint density at radius 1 is 1.17 bits per heavy atom. The molecule has 1 aliphatic rings. The van der Waals surface area contributed by atoms with Crippen molar-refractivity contribution in [3.63, 3.8) is 0 Å². The van der Waals surface area contributed by atoms with Gasteiger partial charge in [0.05, 0.1) is 11.5 Å². The van der Waals surface area contributed by atoms with Crippen LogP contribution in [0.2, 0.25) is 0 Å². The van der Waals surface area contributed by atoms with Gasteiger partial charge in [0.25, 0.3) is 0 Å². The molecule has 0 aromatic heterocycles. The van der Waals surface area contributed by atoms with E-state index in [2.05, 4.69) is 9.44 Å². The SMILES string of the molecule is CCS(=O)(=O)NCCS(=O)(=O)NCC(N)C1CC1. The standard InChI is InChI=1S/C9H21N3O4S2/c1-2-17(13,14)11-5-6-18(15,16)12-7-9(10)8-3-4-8/h8-9,11-12H,2-7,10H2,1H3. The molecule has 0 aliphatic heterocycles. The van der Waals surface area contributed by atoms with Gasteiger partial charge in [-0.2, -0.15) is 0 Å². The lowest BCUT2D eigenvalue weighted by molar-refractivity contribution is 0.546. The van der Waals surface area contributed by atoms with E-state index in [9.17, 15) is 16.8 Å². The number of nitrogens with two attached hydrogens (primary N) is 1. The normalized spacial score (nSPS) is 18.8. The Hall–Kier alpha value is -0.220. The topological polar surface area (TPSA) is 118 Å². The lowest BCUT2D eigenvalue weighted by Gasteiger charge is -2.12. The van der Waals surface area contributed by atoms with E-state index < -0.39 is 20.0 Å². The number of hydrogen-bond acceptors (Lipinski definition) is 5. The van der Waals surface area contributed by atoms with Crippen molar-refractivity contribution in [1.82, 2.24) is 9.44 Å². The molecule has 0 amide bonds. The van der Waals surface area contributed by atoms with Crippen molar-refractivity contribution < 1.29 is 16.8 Å². The van der Waals surface area contributed by atoms with Crippen LogP contribution in [0.5, 0.6) is 0 Å². The van der Waals surface area contributed by atoms with Crippen LogP contribution < -0.4 is 15.2 Å². The van der Waals surface area contributed by atoms with Gasteiger partial charge in [0.15, 0.2) is 0 Å². The first kappa shape index (κ1) is 15.8. The van der Waals surface area contributed by atoms with E-state index in [0.717, 1.165) is 12.8 Å². The van der Waals surface area contributed by atoms with E-state index in [-0.39, 0.29) is 30.6 Å². The van der Waals surface area contributed by atoms with Gasteiger partial charge in [-0.25, -0.2) is 26.3 Å². The molecule has 108 valence electrons. The first-order chi connectivity index (χ1) is 8.26. The summed E-state index contributed by atoms with van der Waals surface area (Å²) in [6.07, 6.45) is 2.11. The fourth-order valence-electron chi connectivity index (χ4n) is 1.42. The molecule has 1 rings (SSSR count). The van der Waals surface area contributed by atoms with Crippen molar-refractivity contribution in [3.05, 3.63) is 0 Å². The summed E-state index contributed by atoms with van der Waals surface area (Å²) in [4.78, 5) is 0. The van der Waals surface area contributed by atoms with Crippen molar-refractivity contribution in [3.8, 4) is 0 Å². The first-order valence-corrected chi connectivity index (χ1v) is 9.26. The molecule has 1 saturated carbocycles. The van der Waals surface area contributed by atoms with Crippen molar-refractivity contribution in [2.24, 2.45) is 11.7 Å². The minimum Gasteiger partial charge on any atom is -0.326 e. The van der Waals surface area contributed by atoms with Crippen LogP contribution in [0.4, 0.5) is 0 Å². The van der Waals surface area contributed by atoms with Crippen LogP contribution in [-0.4, -0.2) is 47.5 Å². The highest BCUT2D eigenvalue weighted by molar-refractivity contribution is 7.90. The Kier molecular flexibility index (Phi) is 5.53. The molecule has 1 atom stereocenters. The van der Waals surface area contributed by atoms with Crippen molar-refractivity contribution in [2.45, 2.75) is 25.8 Å². The molecule has 9 heteroatoms. The number of hydrogen-bond donors (Lipinski definition) is 3.